The average Bonchev–Trinajstić information content (AvgIpc) is 2.46. The van der Waals surface area contributed by atoms with E-state index in [1.54, 1.807) is 0 Å². The number of ether oxygens (including phenoxy) is 1. The molecular weight excluding hydrogens is 320 g/mol. The van der Waals surface area contributed by atoms with Crippen LogP contribution in [0.5, 0.6) is 5.75 Å². The molecule has 1 aliphatic rings. The quantitative estimate of drug-likeness (QED) is 0.864. The minimum atomic E-state index is -0.0511. The van der Waals surface area contributed by atoms with Crippen molar-refractivity contribution in [3.05, 3.63) is 28.7 Å². The van der Waals surface area contributed by atoms with Gasteiger partial charge in [-0.15, -0.1) is 0 Å². The van der Waals surface area contributed by atoms with Crippen LogP contribution in [0.15, 0.2) is 28.7 Å². The van der Waals surface area contributed by atoms with Gasteiger partial charge in [-0.05, 0) is 44.5 Å². The lowest BCUT2D eigenvalue weighted by Crippen LogP contribution is -2.43. The summed E-state index contributed by atoms with van der Waals surface area (Å²) in [7, 11) is 0. The summed E-state index contributed by atoms with van der Waals surface area (Å²) >= 11 is 3.41. The molecule has 1 fully saturated rings. The standard InChI is InChI=1S/C15H21BrN2O2/c1-11(20-14-6-2-5-13(16)8-14)9-18-15(19)12-4-3-7-17-10-12/h2,5-6,8,11-12,17H,3-4,7,9-10H2,1H3,(H,18,19). The van der Waals surface area contributed by atoms with Gasteiger partial charge in [-0.2, -0.15) is 0 Å². The number of nitrogens with one attached hydrogen (secondary N) is 2. The monoisotopic (exact) mass is 340 g/mol. The van der Waals surface area contributed by atoms with Crippen molar-refractivity contribution >= 4 is 21.8 Å². The number of piperidine rings is 1. The number of carbonyl (C=O) groups excluding carboxylic acids is 1. The van der Waals surface area contributed by atoms with Crippen molar-refractivity contribution in [3.8, 4) is 5.75 Å². The molecule has 1 aromatic carbocycles. The third-order valence-corrected chi connectivity index (χ3v) is 3.86. The Bertz CT molecular complexity index is 447. The predicted octanol–water partition coefficient (Wildman–Crippen LogP) is 2.33. The van der Waals surface area contributed by atoms with E-state index in [0.717, 1.165) is 36.2 Å². The fourth-order valence-corrected chi connectivity index (χ4v) is 2.66. The Kier molecular flexibility index (Phi) is 5.86. The summed E-state index contributed by atoms with van der Waals surface area (Å²) < 4.78 is 6.76. The number of carbonyl (C=O) groups is 1. The molecule has 20 heavy (non-hydrogen) atoms. The summed E-state index contributed by atoms with van der Waals surface area (Å²) in [5.41, 5.74) is 0. The van der Waals surface area contributed by atoms with E-state index in [4.69, 9.17) is 4.74 Å². The normalized spacial score (nSPS) is 20.2. The first-order chi connectivity index (χ1) is 9.65. The van der Waals surface area contributed by atoms with Gasteiger partial charge in [-0.3, -0.25) is 4.79 Å². The fourth-order valence-electron chi connectivity index (χ4n) is 2.28. The molecule has 0 spiro atoms. The highest BCUT2D eigenvalue weighted by atomic mass is 79.9. The van der Waals surface area contributed by atoms with E-state index in [-0.39, 0.29) is 17.9 Å². The maximum absolute atomic E-state index is 12.0. The third kappa shape index (κ3) is 4.80. The van der Waals surface area contributed by atoms with Crippen LogP contribution in [0.1, 0.15) is 19.8 Å². The molecule has 4 nitrogen and oxygen atoms in total. The number of rotatable bonds is 5. The molecule has 0 aliphatic carbocycles. The fraction of sp³-hybridized carbons (Fsp3) is 0.533. The zero-order valence-corrected chi connectivity index (χ0v) is 13.3. The largest absolute Gasteiger partial charge is 0.489 e. The Morgan fingerprint density at radius 2 is 2.45 bits per heavy atom. The van der Waals surface area contributed by atoms with E-state index < -0.39 is 0 Å². The molecule has 2 N–H and O–H groups in total. The minimum absolute atomic E-state index is 0.0511. The summed E-state index contributed by atoms with van der Waals surface area (Å²) in [6.07, 6.45) is 1.99. The summed E-state index contributed by atoms with van der Waals surface area (Å²) in [5.74, 6) is 1.03. The van der Waals surface area contributed by atoms with Crippen LogP contribution in [0.25, 0.3) is 0 Å². The molecule has 5 heteroatoms. The molecule has 0 saturated carbocycles. The molecule has 1 heterocycles. The molecule has 2 unspecified atom stereocenters. The van der Waals surface area contributed by atoms with Gasteiger partial charge in [0.25, 0.3) is 0 Å². The van der Waals surface area contributed by atoms with Gasteiger partial charge in [0.2, 0.25) is 5.91 Å². The van der Waals surface area contributed by atoms with Gasteiger partial charge in [0, 0.05) is 11.0 Å². The van der Waals surface area contributed by atoms with Crippen LogP contribution >= 0.6 is 15.9 Å². The zero-order chi connectivity index (χ0) is 14.4. The van der Waals surface area contributed by atoms with Crippen molar-refractivity contribution in [2.24, 2.45) is 5.92 Å². The number of halogens is 1. The van der Waals surface area contributed by atoms with Crippen molar-refractivity contribution < 1.29 is 9.53 Å². The molecule has 0 bridgehead atoms. The first-order valence-corrected chi connectivity index (χ1v) is 7.85. The van der Waals surface area contributed by atoms with Crippen LogP contribution in [-0.2, 0) is 4.79 Å². The summed E-state index contributed by atoms with van der Waals surface area (Å²) in [5, 5.41) is 6.22. The molecule has 1 amide bonds. The maximum atomic E-state index is 12.0. The lowest BCUT2D eigenvalue weighted by atomic mass is 9.99. The van der Waals surface area contributed by atoms with Gasteiger partial charge in [-0.25, -0.2) is 0 Å². The molecule has 1 saturated heterocycles. The Morgan fingerprint density at radius 3 is 3.15 bits per heavy atom. The smallest absolute Gasteiger partial charge is 0.224 e. The second kappa shape index (κ2) is 7.64. The molecule has 2 rings (SSSR count). The van der Waals surface area contributed by atoms with E-state index in [9.17, 15) is 4.79 Å². The van der Waals surface area contributed by atoms with E-state index >= 15 is 0 Å². The summed E-state index contributed by atoms with van der Waals surface area (Å²) in [6.45, 7) is 4.29. The van der Waals surface area contributed by atoms with Crippen LogP contribution in [0.2, 0.25) is 0 Å². The lowest BCUT2D eigenvalue weighted by molar-refractivity contribution is -0.125. The average molecular weight is 341 g/mol. The zero-order valence-electron chi connectivity index (χ0n) is 11.7. The van der Waals surface area contributed by atoms with Gasteiger partial charge in [0.05, 0.1) is 12.5 Å². The van der Waals surface area contributed by atoms with Gasteiger partial charge >= 0.3 is 0 Å². The number of amides is 1. The molecular formula is C15H21BrN2O2. The van der Waals surface area contributed by atoms with Crippen LogP contribution in [0, 0.1) is 5.92 Å². The van der Waals surface area contributed by atoms with E-state index in [1.165, 1.54) is 0 Å². The van der Waals surface area contributed by atoms with Gasteiger partial charge in [-0.1, -0.05) is 22.0 Å². The van der Waals surface area contributed by atoms with Gasteiger partial charge < -0.3 is 15.4 Å². The van der Waals surface area contributed by atoms with Crippen LogP contribution in [0.3, 0.4) is 0 Å². The van der Waals surface area contributed by atoms with Crippen LogP contribution in [-0.4, -0.2) is 31.6 Å². The Labute approximate surface area is 128 Å². The maximum Gasteiger partial charge on any atom is 0.224 e. The van der Waals surface area contributed by atoms with Crippen molar-refractivity contribution in [3.63, 3.8) is 0 Å². The van der Waals surface area contributed by atoms with E-state index in [2.05, 4.69) is 26.6 Å². The van der Waals surface area contributed by atoms with E-state index in [0.29, 0.717) is 6.54 Å². The van der Waals surface area contributed by atoms with Crippen molar-refractivity contribution in [2.75, 3.05) is 19.6 Å². The molecule has 0 aromatic heterocycles. The van der Waals surface area contributed by atoms with Gasteiger partial charge in [0.15, 0.2) is 0 Å². The third-order valence-electron chi connectivity index (χ3n) is 3.36. The second-order valence-corrected chi connectivity index (χ2v) is 6.09. The molecule has 1 aliphatic heterocycles. The number of hydrogen-bond donors (Lipinski definition) is 2. The minimum Gasteiger partial charge on any atom is -0.489 e. The predicted molar refractivity (Wildman–Crippen MR) is 82.8 cm³/mol. The molecule has 2 atom stereocenters. The highest BCUT2D eigenvalue weighted by Crippen LogP contribution is 2.18. The first kappa shape index (κ1) is 15.3. The second-order valence-electron chi connectivity index (χ2n) is 5.17. The van der Waals surface area contributed by atoms with Gasteiger partial charge in [0.1, 0.15) is 11.9 Å². The lowest BCUT2D eigenvalue weighted by Gasteiger charge is -2.23. The Morgan fingerprint density at radius 1 is 1.60 bits per heavy atom. The van der Waals surface area contributed by atoms with E-state index in [1.807, 2.05) is 31.2 Å². The van der Waals surface area contributed by atoms with Crippen LogP contribution in [0.4, 0.5) is 0 Å². The molecule has 1 aromatic rings. The SMILES string of the molecule is CC(CNC(=O)C1CCCNC1)Oc1cccc(Br)c1. The molecule has 0 radical (unpaired) electrons. The summed E-state index contributed by atoms with van der Waals surface area (Å²) in [6, 6.07) is 7.71. The highest BCUT2D eigenvalue weighted by molar-refractivity contribution is 9.10. The number of hydrogen-bond acceptors (Lipinski definition) is 3. The number of benzene rings is 1. The Hall–Kier alpha value is -1.07. The first-order valence-electron chi connectivity index (χ1n) is 7.06. The van der Waals surface area contributed by atoms with Crippen molar-refractivity contribution in [2.45, 2.75) is 25.9 Å². The van der Waals surface area contributed by atoms with Crippen molar-refractivity contribution in [1.29, 1.82) is 0 Å². The topological polar surface area (TPSA) is 50.4 Å². The highest BCUT2D eigenvalue weighted by Gasteiger charge is 2.21. The Balaban J connectivity index is 1.74. The van der Waals surface area contributed by atoms with Crippen LogP contribution < -0.4 is 15.4 Å². The van der Waals surface area contributed by atoms with Crippen molar-refractivity contribution in [1.82, 2.24) is 10.6 Å². The molecule has 110 valence electrons. The summed E-state index contributed by atoms with van der Waals surface area (Å²) in [4.78, 5) is 12.0.